The Balaban J connectivity index is 0.00000289. The fourth-order valence-electron chi connectivity index (χ4n) is 3.29. The van der Waals surface area contributed by atoms with Crippen LogP contribution in [-0.4, -0.2) is 64.8 Å². The van der Waals surface area contributed by atoms with Crippen molar-refractivity contribution in [2.24, 2.45) is 0 Å². The Kier molecular flexibility index (Phi) is 5.67. The quantitative estimate of drug-likeness (QED) is 0.581. The number of halogens is 2. The molecule has 0 saturated carbocycles. The largest absolute Gasteiger partial charge is 0.414 e. The van der Waals surface area contributed by atoms with Crippen LogP contribution < -0.4 is 4.90 Å². The minimum absolute atomic E-state index is 0. The summed E-state index contributed by atoms with van der Waals surface area (Å²) < 4.78 is 59.1. The van der Waals surface area contributed by atoms with E-state index in [1.165, 1.54) is 10.4 Å². The molecule has 1 fully saturated rings. The number of benzene rings is 1. The summed E-state index contributed by atoms with van der Waals surface area (Å²) >= 11 is 0. The van der Waals surface area contributed by atoms with Crippen LogP contribution in [0.25, 0.3) is 23.0 Å². The zero-order valence-corrected chi connectivity index (χ0v) is 17.7. The predicted octanol–water partition coefficient (Wildman–Crippen LogP) is 2.50. The first kappa shape index (κ1) is 21.2. The molecule has 0 atom stereocenters. The molecule has 1 aromatic carbocycles. The summed E-state index contributed by atoms with van der Waals surface area (Å²) in [5.41, 5.74) is 0.382. The number of hydrogen-bond acceptors (Lipinski definition) is 8. The first-order valence-electron chi connectivity index (χ1n) is 9.65. The molecule has 0 bridgehead atoms. The summed E-state index contributed by atoms with van der Waals surface area (Å²) in [5, 5.41) is 7.65. The van der Waals surface area contributed by atoms with Gasteiger partial charge in [-0.2, -0.15) is 4.31 Å². The maximum absolute atomic E-state index is 14.0. The molecule has 12 heteroatoms. The van der Waals surface area contributed by atoms with Crippen molar-refractivity contribution in [3.05, 3.63) is 41.7 Å². The molecule has 3 heterocycles. The van der Waals surface area contributed by atoms with Crippen molar-refractivity contribution >= 4 is 15.8 Å². The van der Waals surface area contributed by atoms with Crippen LogP contribution in [0, 0.1) is 18.6 Å². The Morgan fingerprint density at radius 1 is 1.10 bits per heavy atom. The number of anilines is 1. The fraction of sp³-hybridized carbons (Fsp3) is 0.368. The SMILES string of the molecule is CCS(=O)(=O)N1CCN(c2cnc(C)c(-c3nnc(-c4c(F)cccc4F)o3)n2)CC1.[HH]. The van der Waals surface area contributed by atoms with Gasteiger partial charge in [-0.1, -0.05) is 6.07 Å². The molecule has 1 saturated heterocycles. The molecular formula is C19H22F2N6O3S. The molecule has 0 N–H and O–H groups in total. The minimum atomic E-state index is -3.24. The van der Waals surface area contributed by atoms with E-state index in [0.717, 1.165) is 12.1 Å². The zero-order chi connectivity index (χ0) is 22.2. The summed E-state index contributed by atoms with van der Waals surface area (Å²) in [4.78, 5) is 10.8. The highest BCUT2D eigenvalue weighted by Crippen LogP contribution is 2.29. The van der Waals surface area contributed by atoms with Gasteiger partial charge < -0.3 is 9.32 Å². The van der Waals surface area contributed by atoms with E-state index in [2.05, 4.69) is 20.2 Å². The van der Waals surface area contributed by atoms with Crippen molar-refractivity contribution in [2.75, 3.05) is 36.8 Å². The van der Waals surface area contributed by atoms with Crippen LogP contribution in [0.1, 0.15) is 14.0 Å². The Morgan fingerprint density at radius 2 is 1.74 bits per heavy atom. The Hall–Kier alpha value is -2.99. The highest BCUT2D eigenvalue weighted by atomic mass is 32.2. The summed E-state index contributed by atoms with van der Waals surface area (Å²) in [6.07, 6.45) is 1.58. The minimum Gasteiger partial charge on any atom is -0.414 e. The van der Waals surface area contributed by atoms with Crippen molar-refractivity contribution in [2.45, 2.75) is 13.8 Å². The van der Waals surface area contributed by atoms with Gasteiger partial charge in [-0.3, -0.25) is 4.98 Å². The molecular weight excluding hydrogens is 430 g/mol. The zero-order valence-electron chi connectivity index (χ0n) is 16.9. The van der Waals surface area contributed by atoms with Crippen molar-refractivity contribution in [1.29, 1.82) is 0 Å². The van der Waals surface area contributed by atoms with Crippen LogP contribution in [-0.2, 0) is 10.0 Å². The van der Waals surface area contributed by atoms with E-state index in [4.69, 9.17) is 4.42 Å². The van der Waals surface area contributed by atoms with Gasteiger partial charge in [0.2, 0.25) is 10.0 Å². The van der Waals surface area contributed by atoms with Gasteiger partial charge in [-0.25, -0.2) is 22.2 Å². The van der Waals surface area contributed by atoms with Gasteiger partial charge in [-0.05, 0) is 26.0 Å². The Labute approximate surface area is 179 Å². The Morgan fingerprint density at radius 3 is 2.39 bits per heavy atom. The molecule has 1 aliphatic rings. The Bertz CT molecular complexity index is 1200. The smallest absolute Gasteiger partial charge is 0.268 e. The summed E-state index contributed by atoms with van der Waals surface area (Å²) in [6.45, 7) is 4.91. The lowest BCUT2D eigenvalue weighted by Gasteiger charge is -2.34. The topological polar surface area (TPSA) is 105 Å². The van der Waals surface area contributed by atoms with Crippen LogP contribution in [0.2, 0.25) is 0 Å². The highest BCUT2D eigenvalue weighted by molar-refractivity contribution is 7.89. The third kappa shape index (κ3) is 4.12. The van der Waals surface area contributed by atoms with Crippen LogP contribution >= 0.6 is 0 Å². The van der Waals surface area contributed by atoms with Crippen molar-refractivity contribution < 1.29 is 23.0 Å². The van der Waals surface area contributed by atoms with Crippen molar-refractivity contribution in [1.82, 2.24) is 24.5 Å². The molecule has 9 nitrogen and oxygen atoms in total. The second-order valence-corrected chi connectivity index (χ2v) is 9.22. The van der Waals surface area contributed by atoms with E-state index < -0.39 is 27.2 Å². The molecule has 2 aromatic heterocycles. The molecule has 0 spiro atoms. The predicted molar refractivity (Wildman–Crippen MR) is 111 cm³/mol. The van der Waals surface area contributed by atoms with Gasteiger partial charge in [0.15, 0.2) is 5.69 Å². The van der Waals surface area contributed by atoms with Crippen LogP contribution in [0.4, 0.5) is 14.6 Å². The van der Waals surface area contributed by atoms with E-state index >= 15 is 0 Å². The number of rotatable bonds is 5. The lowest BCUT2D eigenvalue weighted by molar-refractivity contribution is 0.384. The first-order valence-corrected chi connectivity index (χ1v) is 11.3. The summed E-state index contributed by atoms with van der Waals surface area (Å²) in [6, 6.07) is 3.45. The average Bonchev–Trinajstić information content (AvgIpc) is 3.23. The molecule has 31 heavy (non-hydrogen) atoms. The van der Waals surface area contributed by atoms with E-state index in [0.29, 0.717) is 37.7 Å². The molecule has 0 amide bonds. The first-order chi connectivity index (χ1) is 14.8. The van der Waals surface area contributed by atoms with Gasteiger partial charge >= 0.3 is 0 Å². The number of aromatic nitrogens is 4. The number of sulfonamides is 1. The second kappa shape index (κ2) is 8.27. The second-order valence-electron chi connectivity index (χ2n) is 6.96. The normalized spacial score (nSPS) is 15.4. The maximum atomic E-state index is 14.0. The number of nitrogens with zero attached hydrogens (tertiary/aromatic N) is 6. The lowest BCUT2D eigenvalue weighted by Crippen LogP contribution is -2.49. The third-order valence-corrected chi connectivity index (χ3v) is 6.95. The highest BCUT2D eigenvalue weighted by Gasteiger charge is 2.27. The number of piperazine rings is 1. The monoisotopic (exact) mass is 452 g/mol. The fourth-order valence-corrected chi connectivity index (χ4v) is 4.38. The molecule has 166 valence electrons. The van der Waals surface area contributed by atoms with Gasteiger partial charge in [0.25, 0.3) is 11.8 Å². The van der Waals surface area contributed by atoms with E-state index in [9.17, 15) is 17.2 Å². The van der Waals surface area contributed by atoms with Gasteiger partial charge in [0.05, 0.1) is 17.6 Å². The molecule has 0 unspecified atom stereocenters. The molecule has 1 aliphatic heterocycles. The molecule has 4 rings (SSSR count). The molecule has 3 aromatic rings. The van der Waals surface area contributed by atoms with E-state index in [1.54, 1.807) is 20.0 Å². The number of hydrogen-bond donors (Lipinski definition) is 0. The average molecular weight is 452 g/mol. The maximum Gasteiger partial charge on any atom is 0.268 e. The summed E-state index contributed by atoms with van der Waals surface area (Å²) in [5.74, 6) is -1.36. The van der Waals surface area contributed by atoms with Gasteiger partial charge in [-0.15, -0.1) is 10.2 Å². The van der Waals surface area contributed by atoms with Crippen LogP contribution in [0.15, 0.2) is 28.8 Å². The summed E-state index contributed by atoms with van der Waals surface area (Å²) in [7, 11) is -3.24. The standard InChI is InChI=1S/C19H20F2N6O3S.H2/c1-3-31(28,29)27-9-7-26(8-10-27)15-11-22-12(2)17(23-15)19-25-24-18(30-19)16-13(20)5-4-6-14(16)21;/h4-6,11H,3,7-10H2,1-2H3;1H. The van der Waals surface area contributed by atoms with Gasteiger partial charge in [0, 0.05) is 27.6 Å². The van der Waals surface area contributed by atoms with Gasteiger partial charge in [0.1, 0.15) is 23.0 Å². The third-order valence-electron chi connectivity index (χ3n) is 5.07. The van der Waals surface area contributed by atoms with E-state index in [1.807, 2.05) is 4.90 Å². The van der Waals surface area contributed by atoms with Crippen LogP contribution in [0.5, 0.6) is 0 Å². The number of aryl methyl sites for hydroxylation is 1. The van der Waals surface area contributed by atoms with Crippen LogP contribution in [0.3, 0.4) is 0 Å². The van der Waals surface area contributed by atoms with E-state index in [-0.39, 0.29) is 24.7 Å². The lowest BCUT2D eigenvalue weighted by atomic mass is 10.2. The molecule has 0 aliphatic carbocycles. The molecule has 0 radical (unpaired) electrons. The van der Waals surface area contributed by atoms with Crippen molar-refractivity contribution in [3.8, 4) is 23.0 Å². The van der Waals surface area contributed by atoms with Crippen molar-refractivity contribution in [3.63, 3.8) is 0 Å².